The van der Waals surface area contributed by atoms with E-state index in [2.05, 4.69) is 10.3 Å². The van der Waals surface area contributed by atoms with E-state index < -0.39 is 11.9 Å². The normalized spacial score (nSPS) is 21.2. The third-order valence-electron chi connectivity index (χ3n) is 7.95. The molecule has 1 aromatic heterocycles. The molecule has 3 aromatic rings. The molecule has 0 saturated carbocycles. The summed E-state index contributed by atoms with van der Waals surface area (Å²) in [7, 11) is 1.61. The predicted octanol–water partition coefficient (Wildman–Crippen LogP) is 3.01. The Kier molecular flexibility index (Phi) is 6.46. The minimum atomic E-state index is -0.654. The first-order chi connectivity index (χ1) is 18.9. The van der Waals surface area contributed by atoms with Gasteiger partial charge in [0.25, 0.3) is 11.8 Å². The van der Waals surface area contributed by atoms with Gasteiger partial charge in [0.1, 0.15) is 24.1 Å². The van der Waals surface area contributed by atoms with Gasteiger partial charge in [0.2, 0.25) is 11.8 Å². The van der Waals surface area contributed by atoms with Crippen LogP contribution in [0.5, 0.6) is 11.5 Å². The maximum atomic E-state index is 13.6. The Balaban J connectivity index is 1.15. The van der Waals surface area contributed by atoms with Crippen LogP contribution in [0.3, 0.4) is 0 Å². The lowest BCUT2D eigenvalue weighted by atomic mass is 10.0. The number of hydrogen-bond acceptors (Lipinski definition) is 6. The highest BCUT2D eigenvalue weighted by molar-refractivity contribution is 6.08. The SMILES string of the molecule is COc1cccc2c(C(=O)N3CCCC[C@@H]3COc3ccc4c(c3)CN(C3CCC(=O)NC3=O)C4=O)c[nH]c12. The quantitative estimate of drug-likeness (QED) is 0.473. The van der Waals surface area contributed by atoms with E-state index in [0.717, 1.165) is 35.7 Å². The van der Waals surface area contributed by atoms with Crippen molar-refractivity contribution in [2.45, 2.75) is 50.7 Å². The van der Waals surface area contributed by atoms with Crippen LogP contribution in [0.2, 0.25) is 0 Å². The summed E-state index contributed by atoms with van der Waals surface area (Å²) < 4.78 is 11.6. The van der Waals surface area contributed by atoms with Gasteiger partial charge in [-0.25, -0.2) is 0 Å². The maximum absolute atomic E-state index is 13.6. The molecule has 4 amide bonds. The number of hydrogen-bond donors (Lipinski definition) is 2. The minimum Gasteiger partial charge on any atom is -0.495 e. The van der Waals surface area contributed by atoms with E-state index in [1.54, 1.807) is 25.4 Å². The number of likely N-dealkylation sites (tertiary alicyclic amines) is 1. The second-order valence-electron chi connectivity index (χ2n) is 10.3. The van der Waals surface area contributed by atoms with Gasteiger partial charge in [-0.15, -0.1) is 0 Å². The molecule has 2 N–H and O–H groups in total. The minimum absolute atomic E-state index is 0.0396. The fourth-order valence-corrected chi connectivity index (χ4v) is 5.90. The Morgan fingerprint density at radius 2 is 1.97 bits per heavy atom. The first-order valence-corrected chi connectivity index (χ1v) is 13.3. The van der Waals surface area contributed by atoms with Crippen LogP contribution in [0.15, 0.2) is 42.6 Å². The second-order valence-corrected chi connectivity index (χ2v) is 10.3. The monoisotopic (exact) mass is 530 g/mol. The van der Waals surface area contributed by atoms with E-state index in [0.29, 0.717) is 42.2 Å². The maximum Gasteiger partial charge on any atom is 0.256 e. The third kappa shape index (κ3) is 4.49. The molecule has 3 aliphatic rings. The van der Waals surface area contributed by atoms with E-state index >= 15 is 0 Å². The average molecular weight is 531 g/mol. The molecule has 0 spiro atoms. The number of piperidine rings is 2. The Hall–Kier alpha value is -4.34. The van der Waals surface area contributed by atoms with E-state index in [-0.39, 0.29) is 36.7 Å². The van der Waals surface area contributed by atoms with Gasteiger partial charge in [0.15, 0.2) is 0 Å². The molecule has 39 heavy (non-hydrogen) atoms. The van der Waals surface area contributed by atoms with E-state index in [4.69, 9.17) is 9.47 Å². The third-order valence-corrected chi connectivity index (χ3v) is 7.95. The zero-order valence-corrected chi connectivity index (χ0v) is 21.7. The Bertz CT molecular complexity index is 1480. The van der Waals surface area contributed by atoms with Crippen LogP contribution in [0.4, 0.5) is 0 Å². The summed E-state index contributed by atoms with van der Waals surface area (Å²) in [5, 5.41) is 3.15. The predicted molar refractivity (Wildman–Crippen MR) is 142 cm³/mol. The molecule has 6 rings (SSSR count). The smallest absolute Gasteiger partial charge is 0.256 e. The van der Waals surface area contributed by atoms with Crippen molar-refractivity contribution in [3.8, 4) is 11.5 Å². The number of carbonyl (C=O) groups is 4. The average Bonchev–Trinajstić information content (AvgIpc) is 3.52. The summed E-state index contributed by atoms with van der Waals surface area (Å²) in [5.41, 5.74) is 2.73. The number of nitrogens with one attached hydrogen (secondary N) is 2. The highest BCUT2D eigenvalue weighted by atomic mass is 16.5. The first kappa shape index (κ1) is 25.0. The van der Waals surface area contributed by atoms with E-state index in [9.17, 15) is 19.2 Å². The summed E-state index contributed by atoms with van der Waals surface area (Å²) >= 11 is 0. The Morgan fingerprint density at radius 1 is 1.10 bits per heavy atom. The lowest BCUT2D eigenvalue weighted by molar-refractivity contribution is -0.136. The van der Waals surface area contributed by atoms with Crippen LogP contribution in [-0.2, 0) is 16.1 Å². The molecule has 0 bridgehead atoms. The zero-order valence-electron chi connectivity index (χ0n) is 21.7. The van der Waals surface area contributed by atoms with Gasteiger partial charge in [-0.2, -0.15) is 0 Å². The highest BCUT2D eigenvalue weighted by Gasteiger charge is 2.39. The van der Waals surface area contributed by atoms with Gasteiger partial charge < -0.3 is 24.3 Å². The molecule has 1 unspecified atom stereocenters. The summed E-state index contributed by atoms with van der Waals surface area (Å²) in [4.78, 5) is 57.0. The zero-order chi connectivity index (χ0) is 27.1. The molecule has 0 aliphatic carbocycles. The molecule has 3 aliphatic heterocycles. The van der Waals surface area contributed by atoms with Crippen molar-refractivity contribution in [1.29, 1.82) is 0 Å². The fourth-order valence-electron chi connectivity index (χ4n) is 5.90. The molecular formula is C29H30N4O6. The van der Waals surface area contributed by atoms with Gasteiger partial charge in [-0.05, 0) is 55.5 Å². The van der Waals surface area contributed by atoms with Crippen molar-refractivity contribution in [3.63, 3.8) is 0 Å². The molecule has 10 nitrogen and oxygen atoms in total. The number of benzene rings is 2. The van der Waals surface area contributed by atoms with Gasteiger partial charge >= 0.3 is 0 Å². The summed E-state index contributed by atoms with van der Waals surface area (Å²) in [6.07, 6.45) is 5.07. The van der Waals surface area contributed by atoms with Gasteiger partial charge in [0.05, 0.1) is 24.2 Å². The number of imide groups is 1. The lowest BCUT2D eigenvalue weighted by Gasteiger charge is -2.35. The standard InChI is InChI=1S/C29H30N4O6/c1-38-24-7-4-6-21-22(14-30-26(21)24)29(37)32-12-3-2-5-18(32)16-39-19-8-9-20-17(13-19)15-33(28(20)36)23-10-11-25(34)31-27(23)35/h4,6-9,13-14,18,23,30H,2-3,5,10-12,15-16H2,1H3,(H,31,34,35)/t18-,23?/m1/s1. The van der Waals surface area contributed by atoms with Crippen molar-refractivity contribution < 1.29 is 28.7 Å². The van der Waals surface area contributed by atoms with Crippen LogP contribution < -0.4 is 14.8 Å². The van der Waals surface area contributed by atoms with Crippen molar-refractivity contribution in [2.75, 3.05) is 20.3 Å². The van der Waals surface area contributed by atoms with Crippen LogP contribution >= 0.6 is 0 Å². The van der Waals surface area contributed by atoms with Crippen molar-refractivity contribution >= 4 is 34.5 Å². The number of para-hydroxylation sites is 1. The second kappa shape index (κ2) is 10.1. The number of ether oxygens (including phenoxy) is 2. The number of H-pyrrole nitrogens is 1. The number of methoxy groups -OCH3 is 1. The number of aromatic amines is 1. The van der Waals surface area contributed by atoms with Crippen LogP contribution in [0.25, 0.3) is 10.9 Å². The molecule has 0 radical (unpaired) electrons. The van der Waals surface area contributed by atoms with Crippen molar-refractivity contribution in [2.24, 2.45) is 0 Å². The van der Waals surface area contributed by atoms with Crippen molar-refractivity contribution in [3.05, 3.63) is 59.3 Å². The number of carbonyl (C=O) groups excluding carboxylic acids is 4. The molecule has 4 heterocycles. The topological polar surface area (TPSA) is 121 Å². The van der Waals surface area contributed by atoms with E-state index in [1.165, 1.54) is 4.90 Å². The highest BCUT2D eigenvalue weighted by Crippen LogP contribution is 2.32. The van der Waals surface area contributed by atoms with E-state index in [1.807, 2.05) is 29.2 Å². The summed E-state index contributed by atoms with van der Waals surface area (Å²) in [6, 6.07) is 10.2. The number of aromatic nitrogens is 1. The molecular weight excluding hydrogens is 500 g/mol. The first-order valence-electron chi connectivity index (χ1n) is 13.3. The molecule has 2 fully saturated rings. The number of fused-ring (bicyclic) bond motifs is 2. The lowest BCUT2D eigenvalue weighted by Crippen LogP contribution is -2.52. The largest absolute Gasteiger partial charge is 0.495 e. The fraction of sp³-hybridized carbons (Fsp3) is 0.379. The van der Waals surface area contributed by atoms with Crippen LogP contribution in [-0.4, -0.2) is 70.8 Å². The molecule has 2 aromatic carbocycles. The van der Waals surface area contributed by atoms with Crippen LogP contribution in [0.1, 0.15) is 58.4 Å². The van der Waals surface area contributed by atoms with Crippen LogP contribution in [0, 0.1) is 0 Å². The molecule has 10 heteroatoms. The Labute approximate surface area is 225 Å². The van der Waals surface area contributed by atoms with Gasteiger partial charge in [-0.3, -0.25) is 24.5 Å². The van der Waals surface area contributed by atoms with Crippen molar-refractivity contribution in [1.82, 2.24) is 20.1 Å². The number of rotatable bonds is 6. The molecule has 2 saturated heterocycles. The summed E-state index contributed by atoms with van der Waals surface area (Å²) in [6.45, 7) is 1.28. The summed E-state index contributed by atoms with van der Waals surface area (Å²) in [5.74, 6) is 0.306. The molecule has 2 atom stereocenters. The van der Waals surface area contributed by atoms with Gasteiger partial charge in [0, 0.05) is 36.7 Å². The number of amides is 4. The van der Waals surface area contributed by atoms with Gasteiger partial charge in [-0.1, -0.05) is 12.1 Å². The molecule has 202 valence electrons. The number of nitrogens with zero attached hydrogens (tertiary/aromatic N) is 2. The Morgan fingerprint density at radius 3 is 2.79 bits per heavy atom.